The summed E-state index contributed by atoms with van der Waals surface area (Å²) in [6, 6.07) is -0.101. The lowest BCUT2D eigenvalue weighted by Crippen LogP contribution is -2.60. The molecule has 1 aromatic rings. The maximum absolute atomic E-state index is 12.7. The number of rotatable bonds is 4. The van der Waals surface area contributed by atoms with E-state index >= 15 is 0 Å². The number of likely N-dealkylation sites (N-methyl/N-ethyl adjacent to an activating group) is 1. The van der Waals surface area contributed by atoms with Gasteiger partial charge in [-0.3, -0.25) is 5.32 Å². The van der Waals surface area contributed by atoms with Crippen LogP contribution in [0.2, 0.25) is 0 Å². The zero-order chi connectivity index (χ0) is 18.4. The Hall–Kier alpha value is -1.41. The average molecular weight is 391 g/mol. The smallest absolute Gasteiger partial charge is 0.321 e. The molecule has 4 aliphatic carbocycles. The molecule has 148 valence electrons. The summed E-state index contributed by atoms with van der Waals surface area (Å²) in [6.07, 6.45) is 7.63. The van der Waals surface area contributed by atoms with Gasteiger partial charge in [0.05, 0.1) is 0 Å². The Bertz CT molecular complexity index is 663. The normalized spacial score (nSPS) is 35.4. The highest BCUT2D eigenvalue weighted by atomic mass is 32.1. The molecule has 1 aliphatic heterocycles. The molecule has 7 nitrogen and oxygen atoms in total. The van der Waals surface area contributed by atoms with E-state index in [1.54, 1.807) is 0 Å². The van der Waals surface area contributed by atoms with E-state index < -0.39 is 0 Å². The fourth-order valence-corrected chi connectivity index (χ4v) is 7.07. The Balaban J connectivity index is 1.18. The van der Waals surface area contributed by atoms with E-state index in [4.69, 9.17) is 0 Å². The van der Waals surface area contributed by atoms with Gasteiger partial charge in [-0.25, -0.2) is 4.79 Å². The van der Waals surface area contributed by atoms with E-state index in [0.29, 0.717) is 5.13 Å². The van der Waals surface area contributed by atoms with Crippen molar-refractivity contribution < 1.29 is 4.79 Å². The summed E-state index contributed by atoms with van der Waals surface area (Å²) in [4.78, 5) is 17.4. The Kier molecular flexibility index (Phi) is 4.50. The Morgan fingerprint density at radius 2 is 1.70 bits per heavy atom. The maximum atomic E-state index is 12.7. The van der Waals surface area contributed by atoms with Crippen molar-refractivity contribution >= 4 is 27.6 Å². The fourth-order valence-electron chi connectivity index (χ4n) is 6.28. The number of carbonyl (C=O) groups excluding carboxylic acids is 1. The minimum absolute atomic E-state index is 0.0306. The summed E-state index contributed by atoms with van der Waals surface area (Å²) >= 11 is 1.48. The van der Waals surface area contributed by atoms with Gasteiger partial charge in [0.2, 0.25) is 10.3 Å². The first-order valence-electron chi connectivity index (χ1n) is 10.5. The first-order chi connectivity index (χ1) is 13.1. The van der Waals surface area contributed by atoms with E-state index in [1.165, 1.54) is 30.6 Å². The number of aromatic nitrogens is 2. The first-order valence-corrected chi connectivity index (χ1v) is 11.3. The van der Waals surface area contributed by atoms with Crippen LogP contribution in [0.5, 0.6) is 0 Å². The van der Waals surface area contributed by atoms with Crippen LogP contribution in [0.25, 0.3) is 0 Å². The highest BCUT2D eigenvalue weighted by Gasteiger charge is 2.51. The summed E-state index contributed by atoms with van der Waals surface area (Å²) in [6.45, 7) is 7.37. The summed E-state index contributed by atoms with van der Waals surface area (Å²) < 4.78 is 0. The minimum Gasteiger partial charge on any atom is -0.344 e. The van der Waals surface area contributed by atoms with Crippen molar-refractivity contribution in [2.45, 2.75) is 51.0 Å². The Labute approximate surface area is 164 Å². The van der Waals surface area contributed by atoms with Gasteiger partial charge in [-0.05, 0) is 62.8 Å². The SMILES string of the molecule is CCN1CCN(c2nnc(NC(=O)NC34CC5CC(CC(C5)C3)C4)s2)CC1. The van der Waals surface area contributed by atoms with Gasteiger partial charge in [0.25, 0.3) is 0 Å². The van der Waals surface area contributed by atoms with Crippen molar-refractivity contribution in [2.24, 2.45) is 17.8 Å². The van der Waals surface area contributed by atoms with E-state index in [2.05, 4.69) is 37.6 Å². The Morgan fingerprint density at radius 3 is 2.30 bits per heavy atom. The summed E-state index contributed by atoms with van der Waals surface area (Å²) in [5.41, 5.74) is 0.0306. The van der Waals surface area contributed by atoms with E-state index in [0.717, 1.165) is 74.9 Å². The lowest BCUT2D eigenvalue weighted by molar-refractivity contribution is -0.0127. The van der Waals surface area contributed by atoms with Gasteiger partial charge in [0, 0.05) is 31.7 Å². The molecule has 4 saturated carbocycles. The number of urea groups is 1. The van der Waals surface area contributed by atoms with Gasteiger partial charge in [-0.1, -0.05) is 18.3 Å². The zero-order valence-corrected chi connectivity index (χ0v) is 16.9. The van der Waals surface area contributed by atoms with Crippen molar-refractivity contribution in [1.82, 2.24) is 20.4 Å². The second-order valence-electron chi connectivity index (χ2n) is 9.09. The molecule has 8 heteroatoms. The maximum Gasteiger partial charge on any atom is 0.321 e. The van der Waals surface area contributed by atoms with Crippen LogP contribution in [-0.2, 0) is 0 Å². The summed E-state index contributed by atoms with van der Waals surface area (Å²) in [5, 5.41) is 16.3. The van der Waals surface area contributed by atoms with E-state index in [9.17, 15) is 4.79 Å². The molecule has 0 radical (unpaired) electrons. The van der Waals surface area contributed by atoms with Gasteiger partial charge < -0.3 is 15.1 Å². The largest absolute Gasteiger partial charge is 0.344 e. The average Bonchev–Trinajstić information content (AvgIpc) is 3.08. The van der Waals surface area contributed by atoms with Crippen molar-refractivity contribution in [2.75, 3.05) is 42.9 Å². The van der Waals surface area contributed by atoms with Crippen molar-refractivity contribution in [3.63, 3.8) is 0 Å². The van der Waals surface area contributed by atoms with Crippen LogP contribution < -0.4 is 15.5 Å². The standard InChI is InChI=1S/C19H30N6OS/c1-2-24-3-5-25(6-4-24)18-23-22-17(27-18)20-16(26)21-19-10-13-7-14(11-19)9-15(8-13)12-19/h13-15H,2-12H2,1H3,(H2,20,21,22,26). The molecular weight excluding hydrogens is 360 g/mol. The van der Waals surface area contributed by atoms with Crippen LogP contribution in [0.1, 0.15) is 45.4 Å². The summed E-state index contributed by atoms with van der Waals surface area (Å²) in [7, 11) is 0. The van der Waals surface area contributed by atoms with Gasteiger partial charge in [-0.2, -0.15) is 0 Å². The number of nitrogens with one attached hydrogen (secondary N) is 2. The second kappa shape index (κ2) is 6.88. The molecule has 5 aliphatic rings. The van der Waals surface area contributed by atoms with Crippen LogP contribution in [-0.4, -0.2) is 59.4 Å². The second-order valence-corrected chi connectivity index (χ2v) is 10.0. The summed E-state index contributed by atoms with van der Waals surface area (Å²) in [5.74, 6) is 2.48. The number of amides is 2. The lowest BCUT2D eigenvalue weighted by Gasteiger charge is -2.56. The molecule has 1 aromatic heterocycles. The molecule has 0 aromatic carbocycles. The van der Waals surface area contributed by atoms with Crippen LogP contribution in [0.15, 0.2) is 0 Å². The number of hydrogen-bond acceptors (Lipinski definition) is 6. The molecule has 0 atom stereocenters. The van der Waals surface area contributed by atoms with Crippen molar-refractivity contribution in [3.8, 4) is 0 Å². The number of nitrogens with zero attached hydrogens (tertiary/aromatic N) is 4. The van der Waals surface area contributed by atoms with E-state index in [-0.39, 0.29) is 11.6 Å². The van der Waals surface area contributed by atoms with Crippen LogP contribution in [0.3, 0.4) is 0 Å². The lowest BCUT2D eigenvalue weighted by atomic mass is 9.53. The van der Waals surface area contributed by atoms with E-state index in [1.807, 2.05) is 0 Å². The quantitative estimate of drug-likeness (QED) is 0.827. The molecule has 2 heterocycles. The molecule has 2 amide bonds. The number of hydrogen-bond donors (Lipinski definition) is 2. The Morgan fingerprint density at radius 1 is 1.07 bits per heavy atom. The van der Waals surface area contributed by atoms with Crippen LogP contribution in [0.4, 0.5) is 15.1 Å². The molecule has 1 saturated heterocycles. The molecule has 6 rings (SSSR count). The number of anilines is 2. The molecule has 5 fully saturated rings. The highest BCUT2D eigenvalue weighted by molar-refractivity contribution is 7.19. The molecule has 27 heavy (non-hydrogen) atoms. The monoisotopic (exact) mass is 390 g/mol. The van der Waals surface area contributed by atoms with Crippen LogP contribution in [0, 0.1) is 17.8 Å². The molecule has 4 bridgehead atoms. The zero-order valence-electron chi connectivity index (χ0n) is 16.1. The molecule has 0 spiro atoms. The van der Waals surface area contributed by atoms with Gasteiger partial charge in [0.1, 0.15) is 0 Å². The fraction of sp³-hybridized carbons (Fsp3) is 0.842. The third-order valence-corrected chi connectivity index (χ3v) is 8.04. The van der Waals surface area contributed by atoms with Gasteiger partial charge >= 0.3 is 6.03 Å². The molecule has 0 unspecified atom stereocenters. The van der Waals surface area contributed by atoms with Gasteiger partial charge in [-0.15, -0.1) is 10.2 Å². The molecular formula is C19H30N6OS. The van der Waals surface area contributed by atoms with Crippen molar-refractivity contribution in [1.29, 1.82) is 0 Å². The third kappa shape index (κ3) is 3.53. The number of carbonyl (C=O) groups is 1. The van der Waals surface area contributed by atoms with Gasteiger partial charge in [0.15, 0.2) is 0 Å². The molecule has 2 N–H and O–H groups in total. The van der Waals surface area contributed by atoms with Crippen molar-refractivity contribution in [3.05, 3.63) is 0 Å². The third-order valence-electron chi connectivity index (χ3n) is 7.14. The topological polar surface area (TPSA) is 73.4 Å². The first kappa shape index (κ1) is 17.7. The minimum atomic E-state index is -0.101. The number of piperazine rings is 1. The highest BCUT2D eigenvalue weighted by Crippen LogP contribution is 2.55. The predicted octanol–water partition coefficient (Wildman–Crippen LogP) is 2.77. The predicted molar refractivity (Wildman–Crippen MR) is 107 cm³/mol. The van der Waals surface area contributed by atoms with Crippen LogP contribution >= 0.6 is 11.3 Å².